The van der Waals surface area contributed by atoms with E-state index < -0.39 is 0 Å². The number of hydrogen-bond donors (Lipinski definition) is 0. The summed E-state index contributed by atoms with van der Waals surface area (Å²) in [5, 5.41) is 0. The molecule has 0 saturated carbocycles. The molecule has 0 unspecified atom stereocenters. The van der Waals surface area contributed by atoms with Crippen LogP contribution in [0.3, 0.4) is 0 Å². The highest BCUT2D eigenvalue weighted by atomic mass is 32.2. The van der Waals surface area contributed by atoms with E-state index in [9.17, 15) is 4.79 Å². The Morgan fingerprint density at radius 3 is 2.43 bits per heavy atom. The molecule has 1 aliphatic rings. The number of carbonyl (C=O) groups excluding carboxylic acids is 1. The van der Waals surface area contributed by atoms with E-state index >= 15 is 0 Å². The summed E-state index contributed by atoms with van der Waals surface area (Å²) in [7, 11) is 4.86. The summed E-state index contributed by atoms with van der Waals surface area (Å²) in [4.78, 5) is 20.9. The lowest BCUT2D eigenvalue weighted by Crippen LogP contribution is -2.48. The number of pyridine rings is 1. The molecule has 0 spiro atoms. The van der Waals surface area contributed by atoms with Gasteiger partial charge in [0.05, 0.1) is 27.1 Å². The zero-order valence-electron chi connectivity index (χ0n) is 17.8. The third-order valence-electron chi connectivity index (χ3n) is 5.12. The van der Waals surface area contributed by atoms with Crippen molar-refractivity contribution in [3.8, 4) is 17.2 Å². The van der Waals surface area contributed by atoms with Gasteiger partial charge in [0, 0.05) is 56.4 Å². The average Bonchev–Trinajstić information content (AvgIpc) is 2.79. The van der Waals surface area contributed by atoms with E-state index in [4.69, 9.17) is 14.2 Å². The fourth-order valence-electron chi connectivity index (χ4n) is 3.51. The standard InChI is InChI=1S/C22H29N3O4S/c1-27-19-7-6-18(21(28-2)22(19)29-3)14-24-9-11-25(12-10-24)20(26)16-30-15-17-5-4-8-23-13-17/h4-8,13H,9-12,14-16H2,1-3H3. The molecule has 3 rings (SSSR count). The lowest BCUT2D eigenvalue weighted by molar-refractivity contribution is -0.130. The number of benzene rings is 1. The van der Waals surface area contributed by atoms with Crippen LogP contribution in [0, 0.1) is 0 Å². The van der Waals surface area contributed by atoms with Crippen LogP contribution in [-0.4, -0.2) is 74.0 Å². The maximum absolute atomic E-state index is 12.5. The maximum atomic E-state index is 12.5. The second-order valence-corrected chi connectivity index (χ2v) is 7.99. The summed E-state index contributed by atoms with van der Waals surface area (Å²) in [6, 6.07) is 7.86. The van der Waals surface area contributed by atoms with Crippen molar-refractivity contribution < 1.29 is 19.0 Å². The molecular weight excluding hydrogens is 402 g/mol. The van der Waals surface area contributed by atoms with Gasteiger partial charge in [-0.25, -0.2) is 0 Å². The molecule has 7 nitrogen and oxygen atoms in total. The number of amides is 1. The third-order valence-corrected chi connectivity index (χ3v) is 6.11. The van der Waals surface area contributed by atoms with Gasteiger partial charge >= 0.3 is 0 Å². The molecule has 0 bridgehead atoms. The first kappa shape index (κ1) is 22.2. The Labute approximate surface area is 182 Å². The summed E-state index contributed by atoms with van der Waals surface area (Å²) in [5.74, 6) is 3.46. The van der Waals surface area contributed by atoms with Crippen molar-refractivity contribution in [2.75, 3.05) is 53.3 Å². The molecule has 30 heavy (non-hydrogen) atoms. The first-order chi connectivity index (χ1) is 14.7. The van der Waals surface area contributed by atoms with E-state index in [0.29, 0.717) is 23.0 Å². The number of carbonyl (C=O) groups is 1. The van der Waals surface area contributed by atoms with Crippen molar-refractivity contribution in [3.63, 3.8) is 0 Å². The van der Waals surface area contributed by atoms with Crippen LogP contribution in [0.5, 0.6) is 17.2 Å². The van der Waals surface area contributed by atoms with E-state index in [1.807, 2.05) is 35.4 Å². The van der Waals surface area contributed by atoms with E-state index in [0.717, 1.165) is 49.6 Å². The molecule has 1 aromatic heterocycles. The highest BCUT2D eigenvalue weighted by molar-refractivity contribution is 7.99. The number of rotatable bonds is 9. The van der Waals surface area contributed by atoms with Gasteiger partial charge in [-0.15, -0.1) is 11.8 Å². The molecule has 0 atom stereocenters. The fraction of sp³-hybridized carbons (Fsp3) is 0.455. The number of hydrogen-bond acceptors (Lipinski definition) is 7. The first-order valence-corrected chi connectivity index (χ1v) is 11.1. The molecule has 1 aliphatic heterocycles. The lowest BCUT2D eigenvalue weighted by atomic mass is 10.1. The molecular formula is C22H29N3O4S. The van der Waals surface area contributed by atoms with Gasteiger partial charge in [-0.2, -0.15) is 0 Å². The number of aromatic nitrogens is 1. The smallest absolute Gasteiger partial charge is 0.232 e. The normalized spacial score (nSPS) is 14.4. The number of ether oxygens (including phenoxy) is 3. The minimum Gasteiger partial charge on any atom is -0.493 e. The molecule has 1 aromatic carbocycles. The molecule has 1 fully saturated rings. The molecule has 0 radical (unpaired) electrons. The number of thioether (sulfide) groups is 1. The molecule has 2 heterocycles. The first-order valence-electron chi connectivity index (χ1n) is 9.91. The predicted molar refractivity (Wildman–Crippen MR) is 118 cm³/mol. The largest absolute Gasteiger partial charge is 0.493 e. The van der Waals surface area contributed by atoms with E-state index in [1.165, 1.54) is 0 Å². The van der Waals surface area contributed by atoms with Gasteiger partial charge in [0.2, 0.25) is 11.7 Å². The van der Waals surface area contributed by atoms with Gasteiger partial charge in [-0.3, -0.25) is 14.7 Å². The Morgan fingerprint density at radius 2 is 1.80 bits per heavy atom. The molecule has 0 aliphatic carbocycles. The van der Waals surface area contributed by atoms with Crippen molar-refractivity contribution >= 4 is 17.7 Å². The van der Waals surface area contributed by atoms with Crippen molar-refractivity contribution in [2.45, 2.75) is 12.3 Å². The molecule has 1 amide bonds. The summed E-state index contributed by atoms with van der Waals surface area (Å²) in [5.41, 5.74) is 2.19. The Hall–Kier alpha value is -2.45. The zero-order valence-corrected chi connectivity index (χ0v) is 18.6. The Morgan fingerprint density at radius 1 is 1.03 bits per heavy atom. The second-order valence-electron chi connectivity index (χ2n) is 7.00. The number of methoxy groups -OCH3 is 3. The molecule has 0 N–H and O–H groups in total. The van der Waals surface area contributed by atoms with Crippen LogP contribution in [-0.2, 0) is 17.1 Å². The highest BCUT2D eigenvalue weighted by Gasteiger charge is 2.23. The number of nitrogens with zero attached hydrogens (tertiary/aromatic N) is 3. The van der Waals surface area contributed by atoms with Crippen molar-refractivity contribution in [1.82, 2.24) is 14.8 Å². The van der Waals surface area contributed by atoms with Crippen LogP contribution in [0.25, 0.3) is 0 Å². The van der Waals surface area contributed by atoms with Crippen LogP contribution in [0.1, 0.15) is 11.1 Å². The third kappa shape index (κ3) is 5.58. The van der Waals surface area contributed by atoms with Crippen molar-refractivity contribution in [1.29, 1.82) is 0 Å². The van der Waals surface area contributed by atoms with E-state index in [2.05, 4.69) is 9.88 Å². The van der Waals surface area contributed by atoms with Gasteiger partial charge < -0.3 is 19.1 Å². The van der Waals surface area contributed by atoms with Gasteiger partial charge in [0.25, 0.3) is 0 Å². The summed E-state index contributed by atoms with van der Waals surface area (Å²) in [6.07, 6.45) is 3.61. The zero-order chi connectivity index (χ0) is 21.3. The van der Waals surface area contributed by atoms with Gasteiger partial charge in [0.15, 0.2) is 11.5 Å². The Balaban J connectivity index is 1.49. The van der Waals surface area contributed by atoms with Crippen LogP contribution < -0.4 is 14.2 Å². The van der Waals surface area contributed by atoms with Crippen LogP contribution >= 0.6 is 11.8 Å². The predicted octanol–water partition coefficient (Wildman–Crippen LogP) is 2.69. The molecule has 1 saturated heterocycles. The minimum absolute atomic E-state index is 0.201. The van der Waals surface area contributed by atoms with Crippen LogP contribution in [0.4, 0.5) is 0 Å². The quantitative estimate of drug-likeness (QED) is 0.605. The Kier molecular flexibility index (Phi) is 8.21. The maximum Gasteiger partial charge on any atom is 0.232 e. The second kappa shape index (κ2) is 11.1. The van der Waals surface area contributed by atoms with Crippen LogP contribution in [0.15, 0.2) is 36.7 Å². The fourth-order valence-corrected chi connectivity index (χ4v) is 4.38. The average molecular weight is 432 g/mol. The SMILES string of the molecule is COc1ccc(CN2CCN(C(=O)CSCc3cccnc3)CC2)c(OC)c1OC. The summed E-state index contributed by atoms with van der Waals surface area (Å²) >= 11 is 1.64. The molecule has 2 aromatic rings. The Bertz CT molecular complexity index is 827. The molecule has 8 heteroatoms. The van der Waals surface area contributed by atoms with Crippen molar-refractivity contribution in [3.05, 3.63) is 47.8 Å². The van der Waals surface area contributed by atoms with Gasteiger partial charge in [-0.05, 0) is 17.7 Å². The molecule has 162 valence electrons. The van der Waals surface area contributed by atoms with Gasteiger partial charge in [0.1, 0.15) is 0 Å². The highest BCUT2D eigenvalue weighted by Crippen LogP contribution is 2.40. The monoisotopic (exact) mass is 431 g/mol. The number of piperazine rings is 1. The van der Waals surface area contributed by atoms with Gasteiger partial charge in [-0.1, -0.05) is 12.1 Å². The van der Waals surface area contributed by atoms with Crippen molar-refractivity contribution in [2.24, 2.45) is 0 Å². The van der Waals surface area contributed by atoms with E-state index in [1.54, 1.807) is 39.3 Å². The topological polar surface area (TPSA) is 64.1 Å². The summed E-state index contributed by atoms with van der Waals surface area (Å²) in [6.45, 7) is 3.87. The summed E-state index contributed by atoms with van der Waals surface area (Å²) < 4.78 is 16.4. The van der Waals surface area contributed by atoms with E-state index in [-0.39, 0.29) is 5.91 Å². The minimum atomic E-state index is 0.201. The lowest BCUT2D eigenvalue weighted by Gasteiger charge is -2.35. The van der Waals surface area contributed by atoms with Crippen LogP contribution in [0.2, 0.25) is 0 Å².